The maximum atomic E-state index is 12.7. The number of H-pyrrole nitrogens is 1. The lowest BCUT2D eigenvalue weighted by molar-refractivity contribution is 0.0994. The molecule has 1 aromatic heterocycles. The van der Waals surface area contributed by atoms with Crippen LogP contribution in [0.4, 0.5) is 4.39 Å². The molecule has 1 N–H and O–H groups in total. The van der Waals surface area contributed by atoms with E-state index in [2.05, 4.69) is 15.2 Å². The summed E-state index contributed by atoms with van der Waals surface area (Å²) in [5, 5.41) is 6.67. The summed E-state index contributed by atoms with van der Waals surface area (Å²) in [4.78, 5) is 15.9. The standard InChI is InChI=1S/C11H10FN3OS/c1-7(17-11-13-6-14-15-11)10(16)8-2-4-9(12)5-3-8/h2-7H,1H3,(H,13,14,15)/t7-/m1/s1. The average molecular weight is 251 g/mol. The van der Waals surface area contributed by atoms with E-state index in [1.165, 1.54) is 42.4 Å². The number of thioether (sulfide) groups is 1. The van der Waals surface area contributed by atoms with E-state index in [0.29, 0.717) is 10.7 Å². The first kappa shape index (κ1) is 11.8. The molecule has 1 aromatic carbocycles. The molecule has 6 heteroatoms. The molecule has 0 fully saturated rings. The normalized spacial score (nSPS) is 12.4. The van der Waals surface area contributed by atoms with Crippen molar-refractivity contribution in [2.45, 2.75) is 17.3 Å². The summed E-state index contributed by atoms with van der Waals surface area (Å²) < 4.78 is 12.7. The molecule has 1 heterocycles. The largest absolute Gasteiger partial charge is 0.293 e. The molecule has 0 aliphatic heterocycles. The van der Waals surface area contributed by atoms with E-state index in [4.69, 9.17) is 0 Å². The van der Waals surface area contributed by atoms with Gasteiger partial charge in [-0.1, -0.05) is 11.8 Å². The van der Waals surface area contributed by atoms with Crippen molar-refractivity contribution in [3.05, 3.63) is 42.0 Å². The number of aromatic amines is 1. The first-order valence-electron chi connectivity index (χ1n) is 4.98. The van der Waals surface area contributed by atoms with Crippen LogP contribution in [0.15, 0.2) is 35.7 Å². The van der Waals surface area contributed by atoms with Gasteiger partial charge in [0.05, 0.1) is 5.25 Å². The van der Waals surface area contributed by atoms with Gasteiger partial charge in [-0.2, -0.15) is 5.10 Å². The van der Waals surface area contributed by atoms with Crippen LogP contribution in [0.1, 0.15) is 17.3 Å². The molecule has 17 heavy (non-hydrogen) atoms. The van der Waals surface area contributed by atoms with E-state index in [1.807, 2.05) is 0 Å². The summed E-state index contributed by atoms with van der Waals surface area (Å²) in [7, 11) is 0. The lowest BCUT2D eigenvalue weighted by Crippen LogP contribution is -2.13. The van der Waals surface area contributed by atoms with Crippen LogP contribution in [0.5, 0.6) is 0 Å². The van der Waals surface area contributed by atoms with Crippen LogP contribution in [0, 0.1) is 5.82 Å². The molecule has 2 aromatic rings. The Balaban J connectivity index is 2.07. The van der Waals surface area contributed by atoms with E-state index in [0.717, 1.165) is 0 Å². The number of Topliss-reactive ketones (excluding diaryl/α,β-unsaturated/α-hetero) is 1. The first-order valence-corrected chi connectivity index (χ1v) is 5.86. The zero-order valence-corrected chi connectivity index (χ0v) is 9.87. The van der Waals surface area contributed by atoms with E-state index in [9.17, 15) is 9.18 Å². The Bertz CT molecular complexity index is 498. The highest BCUT2D eigenvalue weighted by Gasteiger charge is 2.17. The number of nitrogens with one attached hydrogen (secondary N) is 1. The second-order valence-electron chi connectivity index (χ2n) is 3.42. The van der Waals surface area contributed by atoms with Crippen LogP contribution in [0.2, 0.25) is 0 Å². The number of rotatable bonds is 4. The Labute approximate surface area is 102 Å². The Hall–Kier alpha value is -1.69. The minimum atomic E-state index is -0.350. The number of nitrogens with zero attached hydrogens (tertiary/aromatic N) is 2. The molecule has 0 bridgehead atoms. The van der Waals surface area contributed by atoms with Crippen LogP contribution in [-0.4, -0.2) is 26.2 Å². The maximum Gasteiger partial charge on any atom is 0.184 e. The van der Waals surface area contributed by atoms with Gasteiger partial charge in [-0.05, 0) is 31.2 Å². The van der Waals surface area contributed by atoms with Gasteiger partial charge >= 0.3 is 0 Å². The lowest BCUT2D eigenvalue weighted by Gasteiger charge is -2.07. The zero-order chi connectivity index (χ0) is 12.3. The van der Waals surface area contributed by atoms with E-state index >= 15 is 0 Å². The van der Waals surface area contributed by atoms with E-state index in [1.54, 1.807) is 6.92 Å². The van der Waals surface area contributed by atoms with Crippen LogP contribution in [0.25, 0.3) is 0 Å². The topological polar surface area (TPSA) is 58.6 Å². The Morgan fingerprint density at radius 1 is 1.41 bits per heavy atom. The maximum absolute atomic E-state index is 12.7. The first-order chi connectivity index (χ1) is 8.16. The number of aromatic nitrogens is 3. The average Bonchev–Trinajstić information content (AvgIpc) is 2.82. The second kappa shape index (κ2) is 5.09. The number of benzene rings is 1. The summed E-state index contributed by atoms with van der Waals surface area (Å²) >= 11 is 1.28. The molecule has 0 saturated heterocycles. The fourth-order valence-corrected chi connectivity index (χ4v) is 2.11. The van der Waals surface area contributed by atoms with Crippen molar-refractivity contribution in [2.24, 2.45) is 0 Å². The summed E-state index contributed by atoms with van der Waals surface area (Å²) in [5.74, 6) is -0.413. The van der Waals surface area contributed by atoms with Gasteiger partial charge in [-0.3, -0.25) is 9.89 Å². The van der Waals surface area contributed by atoms with Crippen molar-refractivity contribution < 1.29 is 9.18 Å². The fraction of sp³-hybridized carbons (Fsp3) is 0.182. The zero-order valence-electron chi connectivity index (χ0n) is 9.05. The van der Waals surface area contributed by atoms with Crippen LogP contribution < -0.4 is 0 Å². The SMILES string of the molecule is C[C@@H](Sc1ncn[nH]1)C(=O)c1ccc(F)cc1. The summed E-state index contributed by atoms with van der Waals surface area (Å²) in [6, 6.07) is 5.52. The fourth-order valence-electron chi connectivity index (χ4n) is 1.32. The minimum Gasteiger partial charge on any atom is -0.293 e. The third-order valence-electron chi connectivity index (χ3n) is 2.18. The molecular weight excluding hydrogens is 241 g/mol. The molecule has 0 radical (unpaired) electrons. The van der Waals surface area contributed by atoms with Gasteiger partial charge in [-0.25, -0.2) is 9.37 Å². The van der Waals surface area contributed by atoms with Gasteiger partial charge in [0.2, 0.25) is 0 Å². The van der Waals surface area contributed by atoms with Gasteiger partial charge in [0.1, 0.15) is 12.1 Å². The molecule has 0 aliphatic rings. The Morgan fingerprint density at radius 3 is 2.71 bits per heavy atom. The van der Waals surface area contributed by atoms with Crippen LogP contribution in [0.3, 0.4) is 0 Å². The molecule has 0 amide bonds. The van der Waals surface area contributed by atoms with Crippen molar-refractivity contribution in [1.82, 2.24) is 15.2 Å². The third-order valence-corrected chi connectivity index (χ3v) is 3.17. The van der Waals surface area contributed by atoms with Crippen molar-refractivity contribution in [3.8, 4) is 0 Å². The molecule has 0 aliphatic carbocycles. The van der Waals surface area contributed by atoms with Crippen molar-refractivity contribution in [1.29, 1.82) is 0 Å². The summed E-state index contributed by atoms with van der Waals surface area (Å²) in [6.45, 7) is 1.78. The number of carbonyl (C=O) groups excluding carboxylic acids is 1. The van der Waals surface area contributed by atoms with Gasteiger partial charge in [0, 0.05) is 5.56 Å². The molecule has 0 saturated carbocycles. The number of halogens is 1. The number of carbonyl (C=O) groups is 1. The lowest BCUT2D eigenvalue weighted by atomic mass is 10.1. The minimum absolute atomic E-state index is 0.0635. The molecule has 0 unspecified atom stereocenters. The summed E-state index contributed by atoms with van der Waals surface area (Å²) in [5.41, 5.74) is 0.492. The van der Waals surface area contributed by atoms with E-state index < -0.39 is 0 Å². The number of hydrogen-bond acceptors (Lipinski definition) is 4. The summed E-state index contributed by atoms with van der Waals surface area (Å²) in [6.07, 6.45) is 1.39. The van der Waals surface area contributed by atoms with Gasteiger partial charge in [-0.15, -0.1) is 0 Å². The highest BCUT2D eigenvalue weighted by molar-refractivity contribution is 8.00. The molecule has 4 nitrogen and oxygen atoms in total. The van der Waals surface area contributed by atoms with E-state index in [-0.39, 0.29) is 16.9 Å². The van der Waals surface area contributed by atoms with Crippen molar-refractivity contribution in [2.75, 3.05) is 0 Å². The van der Waals surface area contributed by atoms with Gasteiger partial charge in [0.15, 0.2) is 10.9 Å². The quantitative estimate of drug-likeness (QED) is 0.669. The highest BCUT2D eigenvalue weighted by atomic mass is 32.2. The Kier molecular flexibility index (Phi) is 3.53. The molecule has 0 spiro atoms. The predicted molar refractivity (Wildman–Crippen MR) is 62.4 cm³/mol. The monoisotopic (exact) mass is 251 g/mol. The van der Waals surface area contributed by atoms with Crippen molar-refractivity contribution >= 4 is 17.5 Å². The molecule has 1 atom stereocenters. The third kappa shape index (κ3) is 2.91. The predicted octanol–water partition coefficient (Wildman–Crippen LogP) is 2.31. The molecule has 2 rings (SSSR count). The molecular formula is C11H10FN3OS. The smallest absolute Gasteiger partial charge is 0.184 e. The highest BCUT2D eigenvalue weighted by Crippen LogP contribution is 2.21. The van der Waals surface area contributed by atoms with Crippen LogP contribution in [-0.2, 0) is 0 Å². The van der Waals surface area contributed by atoms with Crippen LogP contribution >= 0.6 is 11.8 Å². The number of ketones is 1. The number of hydrogen-bond donors (Lipinski definition) is 1. The van der Waals surface area contributed by atoms with Gasteiger partial charge < -0.3 is 0 Å². The second-order valence-corrected chi connectivity index (χ2v) is 4.75. The Morgan fingerprint density at radius 2 is 2.12 bits per heavy atom. The van der Waals surface area contributed by atoms with Gasteiger partial charge in [0.25, 0.3) is 0 Å². The molecule has 88 valence electrons. The van der Waals surface area contributed by atoms with Crippen molar-refractivity contribution in [3.63, 3.8) is 0 Å².